The SMILES string of the molecule is C#CC(O)(c1ccc(OC)cc1)c1ccc2ccccc2c1N(C)C. The summed E-state index contributed by atoms with van der Waals surface area (Å²) in [5.41, 5.74) is 0.697. The van der Waals surface area contributed by atoms with Crippen molar-refractivity contribution in [1.29, 1.82) is 0 Å². The van der Waals surface area contributed by atoms with Gasteiger partial charge >= 0.3 is 0 Å². The lowest BCUT2D eigenvalue weighted by atomic mass is 9.84. The van der Waals surface area contributed by atoms with E-state index in [2.05, 4.69) is 12.0 Å². The Morgan fingerprint density at radius 1 is 1.00 bits per heavy atom. The zero-order valence-corrected chi connectivity index (χ0v) is 14.7. The van der Waals surface area contributed by atoms with Crippen LogP contribution in [0.1, 0.15) is 11.1 Å². The third kappa shape index (κ3) is 2.82. The lowest BCUT2D eigenvalue weighted by molar-refractivity contribution is 0.146. The summed E-state index contributed by atoms with van der Waals surface area (Å²) in [5, 5.41) is 13.6. The van der Waals surface area contributed by atoms with Crippen molar-refractivity contribution in [2.24, 2.45) is 0 Å². The van der Waals surface area contributed by atoms with E-state index in [1.165, 1.54) is 0 Å². The van der Waals surface area contributed by atoms with E-state index in [1.54, 1.807) is 31.4 Å². The Labute approximate surface area is 148 Å². The molecule has 0 aromatic heterocycles. The molecular formula is C22H21NO2. The first-order chi connectivity index (χ1) is 12.0. The van der Waals surface area contributed by atoms with Crippen LogP contribution in [0.2, 0.25) is 0 Å². The molecular weight excluding hydrogens is 310 g/mol. The Balaban J connectivity index is 2.27. The van der Waals surface area contributed by atoms with Crippen molar-refractivity contribution in [2.45, 2.75) is 5.60 Å². The molecule has 0 saturated carbocycles. The van der Waals surface area contributed by atoms with Crippen LogP contribution in [0.15, 0.2) is 60.7 Å². The predicted molar refractivity (Wildman–Crippen MR) is 103 cm³/mol. The lowest BCUT2D eigenvalue weighted by Gasteiger charge is -2.29. The highest BCUT2D eigenvalue weighted by Gasteiger charge is 2.33. The topological polar surface area (TPSA) is 32.7 Å². The summed E-state index contributed by atoms with van der Waals surface area (Å²) in [6.45, 7) is 0. The number of anilines is 1. The van der Waals surface area contributed by atoms with E-state index in [0.717, 1.165) is 22.2 Å². The van der Waals surface area contributed by atoms with Crippen LogP contribution in [0.25, 0.3) is 10.8 Å². The van der Waals surface area contributed by atoms with Crippen LogP contribution < -0.4 is 9.64 Å². The number of aliphatic hydroxyl groups is 1. The third-order valence-electron chi connectivity index (χ3n) is 4.45. The van der Waals surface area contributed by atoms with E-state index in [-0.39, 0.29) is 0 Å². The van der Waals surface area contributed by atoms with Crippen molar-refractivity contribution in [1.82, 2.24) is 0 Å². The van der Waals surface area contributed by atoms with Gasteiger partial charge in [-0.15, -0.1) is 6.42 Å². The van der Waals surface area contributed by atoms with Crippen LogP contribution in [0.4, 0.5) is 5.69 Å². The van der Waals surface area contributed by atoms with E-state index < -0.39 is 5.60 Å². The van der Waals surface area contributed by atoms with Crippen molar-refractivity contribution in [3.63, 3.8) is 0 Å². The van der Waals surface area contributed by atoms with Gasteiger partial charge in [-0.3, -0.25) is 0 Å². The van der Waals surface area contributed by atoms with Crippen LogP contribution in [0.3, 0.4) is 0 Å². The van der Waals surface area contributed by atoms with E-state index in [1.807, 2.05) is 49.3 Å². The highest BCUT2D eigenvalue weighted by atomic mass is 16.5. The maximum Gasteiger partial charge on any atom is 0.178 e. The van der Waals surface area contributed by atoms with Gasteiger partial charge in [-0.25, -0.2) is 0 Å². The lowest BCUT2D eigenvalue weighted by Crippen LogP contribution is -2.28. The molecule has 0 amide bonds. The molecule has 25 heavy (non-hydrogen) atoms. The summed E-state index contributed by atoms with van der Waals surface area (Å²) in [6, 6.07) is 19.2. The van der Waals surface area contributed by atoms with Crippen LogP contribution in [0.5, 0.6) is 5.75 Å². The van der Waals surface area contributed by atoms with Gasteiger partial charge in [0.05, 0.1) is 12.8 Å². The summed E-state index contributed by atoms with van der Waals surface area (Å²) >= 11 is 0. The Morgan fingerprint density at radius 2 is 1.68 bits per heavy atom. The summed E-state index contributed by atoms with van der Waals surface area (Å²) < 4.78 is 5.20. The molecule has 126 valence electrons. The molecule has 3 aromatic carbocycles. The largest absolute Gasteiger partial charge is 0.497 e. The van der Waals surface area contributed by atoms with Gasteiger partial charge in [0.25, 0.3) is 0 Å². The number of fused-ring (bicyclic) bond motifs is 1. The number of nitrogens with zero attached hydrogens (tertiary/aromatic N) is 1. The monoisotopic (exact) mass is 331 g/mol. The van der Waals surface area contributed by atoms with Crippen LogP contribution in [-0.4, -0.2) is 26.3 Å². The fourth-order valence-electron chi connectivity index (χ4n) is 3.18. The fourth-order valence-corrected chi connectivity index (χ4v) is 3.18. The third-order valence-corrected chi connectivity index (χ3v) is 4.45. The second kappa shape index (κ2) is 6.51. The summed E-state index contributed by atoms with van der Waals surface area (Å²) in [4.78, 5) is 1.99. The van der Waals surface area contributed by atoms with E-state index in [9.17, 15) is 5.11 Å². The molecule has 3 heteroatoms. The summed E-state index contributed by atoms with van der Waals surface area (Å²) in [6.07, 6.45) is 5.80. The van der Waals surface area contributed by atoms with Crippen molar-refractivity contribution in [3.05, 3.63) is 71.8 Å². The fraction of sp³-hybridized carbons (Fsp3) is 0.182. The number of hydrogen-bond donors (Lipinski definition) is 1. The molecule has 3 aromatic rings. The van der Waals surface area contributed by atoms with Gasteiger partial charge in [0.1, 0.15) is 5.75 Å². The highest BCUT2D eigenvalue weighted by molar-refractivity contribution is 5.96. The van der Waals surface area contributed by atoms with Gasteiger partial charge in [-0.05, 0) is 17.5 Å². The quantitative estimate of drug-likeness (QED) is 0.739. The molecule has 0 aliphatic rings. The first kappa shape index (κ1) is 16.9. The molecule has 0 saturated heterocycles. The molecule has 0 heterocycles. The molecule has 1 unspecified atom stereocenters. The van der Waals surface area contributed by atoms with Crippen LogP contribution in [0, 0.1) is 12.3 Å². The minimum absolute atomic E-state index is 0.634. The van der Waals surface area contributed by atoms with Crippen molar-refractivity contribution >= 4 is 16.5 Å². The number of hydrogen-bond acceptors (Lipinski definition) is 3. The molecule has 0 aliphatic heterocycles. The Morgan fingerprint density at radius 3 is 2.28 bits per heavy atom. The number of methoxy groups -OCH3 is 1. The first-order valence-electron chi connectivity index (χ1n) is 8.05. The van der Waals surface area contributed by atoms with Gasteiger partial charge in [-0.1, -0.05) is 54.5 Å². The van der Waals surface area contributed by atoms with E-state index in [4.69, 9.17) is 11.2 Å². The molecule has 0 bridgehead atoms. The van der Waals surface area contributed by atoms with Gasteiger partial charge < -0.3 is 14.7 Å². The molecule has 0 spiro atoms. The van der Waals surface area contributed by atoms with Gasteiger partial charge in [-0.2, -0.15) is 0 Å². The normalized spacial score (nSPS) is 13.1. The Bertz CT molecular complexity index is 938. The summed E-state index contributed by atoms with van der Waals surface area (Å²) in [7, 11) is 5.52. The number of rotatable bonds is 4. The van der Waals surface area contributed by atoms with E-state index >= 15 is 0 Å². The standard InChI is InChI=1S/C22H21NO2/c1-5-22(24,17-11-13-18(25-4)14-12-17)20-15-10-16-8-6-7-9-19(16)21(20)23(2)3/h1,6-15,24H,2-4H3. The van der Waals surface area contributed by atoms with Crippen molar-refractivity contribution < 1.29 is 9.84 Å². The average Bonchev–Trinajstić information content (AvgIpc) is 2.66. The zero-order valence-electron chi connectivity index (χ0n) is 14.7. The van der Waals surface area contributed by atoms with E-state index in [0.29, 0.717) is 11.1 Å². The minimum atomic E-state index is -1.53. The van der Waals surface area contributed by atoms with Gasteiger partial charge in [0, 0.05) is 30.6 Å². The van der Waals surface area contributed by atoms with Crippen LogP contribution >= 0.6 is 0 Å². The Hall–Kier alpha value is -2.96. The molecule has 3 nitrogen and oxygen atoms in total. The number of terminal acetylenes is 1. The minimum Gasteiger partial charge on any atom is -0.497 e. The Kier molecular flexibility index (Phi) is 4.39. The second-order valence-corrected chi connectivity index (χ2v) is 6.16. The molecule has 1 atom stereocenters. The predicted octanol–water partition coefficient (Wildman–Crippen LogP) is 3.78. The zero-order chi connectivity index (χ0) is 18.0. The molecule has 1 N–H and O–H groups in total. The summed E-state index contributed by atoms with van der Waals surface area (Å²) in [5.74, 6) is 3.31. The average molecular weight is 331 g/mol. The molecule has 0 fully saturated rings. The number of benzene rings is 3. The highest BCUT2D eigenvalue weighted by Crippen LogP contribution is 2.39. The molecule has 3 rings (SSSR count). The maximum atomic E-state index is 11.4. The second-order valence-electron chi connectivity index (χ2n) is 6.16. The number of ether oxygens (including phenoxy) is 1. The van der Waals surface area contributed by atoms with Crippen LogP contribution in [-0.2, 0) is 5.60 Å². The van der Waals surface area contributed by atoms with Crippen molar-refractivity contribution in [2.75, 3.05) is 26.1 Å². The van der Waals surface area contributed by atoms with Gasteiger partial charge in [0.2, 0.25) is 0 Å². The molecule has 0 aliphatic carbocycles. The van der Waals surface area contributed by atoms with Gasteiger partial charge in [0.15, 0.2) is 5.60 Å². The smallest absolute Gasteiger partial charge is 0.178 e. The maximum absolute atomic E-state index is 11.4. The first-order valence-corrected chi connectivity index (χ1v) is 8.05. The van der Waals surface area contributed by atoms with Crippen molar-refractivity contribution in [3.8, 4) is 18.1 Å². The molecule has 0 radical (unpaired) electrons.